The van der Waals surface area contributed by atoms with Gasteiger partial charge in [0.2, 0.25) is 0 Å². The number of aliphatic carboxylic acids is 1. The lowest BCUT2D eigenvalue weighted by Crippen LogP contribution is -2.35. The van der Waals surface area contributed by atoms with Gasteiger partial charge in [-0.15, -0.1) is 0 Å². The molecular formula is C14H21N3O4. The maximum Gasteiger partial charge on any atom is 0.410 e. The number of carbonyl (C=O) groups is 2. The summed E-state index contributed by atoms with van der Waals surface area (Å²) in [4.78, 5) is 29.2. The highest BCUT2D eigenvalue weighted by atomic mass is 16.6. The lowest BCUT2D eigenvalue weighted by Gasteiger charge is -2.24. The number of aryl methyl sites for hydroxylation is 1. The molecule has 2 heterocycles. The summed E-state index contributed by atoms with van der Waals surface area (Å²) >= 11 is 0. The van der Waals surface area contributed by atoms with Gasteiger partial charge in [-0.1, -0.05) is 0 Å². The topological polar surface area (TPSA) is 84.7 Å². The minimum atomic E-state index is -0.920. The van der Waals surface area contributed by atoms with Crippen LogP contribution in [-0.4, -0.2) is 50.3 Å². The van der Waals surface area contributed by atoms with Gasteiger partial charge in [-0.05, 0) is 20.8 Å². The van der Waals surface area contributed by atoms with Crippen LogP contribution in [0.2, 0.25) is 0 Å². The third kappa shape index (κ3) is 3.53. The largest absolute Gasteiger partial charge is 0.481 e. The zero-order valence-corrected chi connectivity index (χ0v) is 12.7. The van der Waals surface area contributed by atoms with Crippen molar-refractivity contribution < 1.29 is 19.4 Å². The van der Waals surface area contributed by atoms with Crippen LogP contribution < -0.4 is 0 Å². The average molecular weight is 295 g/mol. The van der Waals surface area contributed by atoms with Gasteiger partial charge in [0.25, 0.3) is 0 Å². The molecule has 0 aliphatic carbocycles. The SMILES string of the molecule is Cn1cnc([C@@H]2CN(C(=O)OC(C)(C)C)C[C@H]2C(=O)O)c1. The number of likely N-dealkylation sites (tertiary alicyclic amines) is 1. The fourth-order valence-electron chi connectivity index (χ4n) is 2.45. The van der Waals surface area contributed by atoms with E-state index in [0.29, 0.717) is 12.2 Å². The molecular weight excluding hydrogens is 274 g/mol. The van der Waals surface area contributed by atoms with E-state index < -0.39 is 23.6 Å². The first-order valence-corrected chi connectivity index (χ1v) is 6.86. The Labute approximate surface area is 123 Å². The zero-order valence-electron chi connectivity index (χ0n) is 12.7. The zero-order chi connectivity index (χ0) is 15.8. The summed E-state index contributed by atoms with van der Waals surface area (Å²) in [6.07, 6.45) is 2.94. The molecule has 7 nitrogen and oxygen atoms in total. The lowest BCUT2D eigenvalue weighted by atomic mass is 9.94. The molecule has 1 fully saturated rings. The van der Waals surface area contributed by atoms with E-state index >= 15 is 0 Å². The van der Waals surface area contributed by atoms with E-state index in [1.807, 2.05) is 7.05 Å². The van der Waals surface area contributed by atoms with E-state index in [9.17, 15) is 14.7 Å². The molecule has 0 saturated carbocycles. The first-order chi connectivity index (χ1) is 9.67. The van der Waals surface area contributed by atoms with E-state index in [1.54, 1.807) is 37.9 Å². The number of carbonyl (C=O) groups excluding carboxylic acids is 1. The number of imidazole rings is 1. The van der Waals surface area contributed by atoms with Gasteiger partial charge in [-0.2, -0.15) is 0 Å². The number of amides is 1. The third-order valence-corrected chi connectivity index (χ3v) is 3.39. The number of carboxylic acids is 1. The molecule has 1 aliphatic rings. The molecule has 0 unspecified atom stereocenters. The maximum atomic E-state index is 12.1. The van der Waals surface area contributed by atoms with Crippen LogP contribution in [0.4, 0.5) is 4.79 Å². The molecule has 7 heteroatoms. The van der Waals surface area contributed by atoms with Crippen LogP contribution >= 0.6 is 0 Å². The van der Waals surface area contributed by atoms with Crippen molar-refractivity contribution in [3.05, 3.63) is 18.2 Å². The van der Waals surface area contributed by atoms with Crippen molar-refractivity contribution in [2.24, 2.45) is 13.0 Å². The number of nitrogens with zero attached hydrogens (tertiary/aromatic N) is 3. The van der Waals surface area contributed by atoms with Crippen LogP contribution in [-0.2, 0) is 16.6 Å². The van der Waals surface area contributed by atoms with Crippen molar-refractivity contribution in [2.75, 3.05) is 13.1 Å². The first kappa shape index (κ1) is 15.3. The number of hydrogen-bond acceptors (Lipinski definition) is 4. The fraction of sp³-hybridized carbons (Fsp3) is 0.643. The normalized spacial score (nSPS) is 22.4. The van der Waals surface area contributed by atoms with E-state index in [1.165, 1.54) is 4.90 Å². The Hall–Kier alpha value is -2.05. The van der Waals surface area contributed by atoms with Crippen molar-refractivity contribution in [3.63, 3.8) is 0 Å². The smallest absolute Gasteiger partial charge is 0.410 e. The number of hydrogen-bond donors (Lipinski definition) is 1. The van der Waals surface area contributed by atoms with Crippen LogP contribution in [0.25, 0.3) is 0 Å². The Morgan fingerprint density at radius 2 is 2.05 bits per heavy atom. The second-order valence-electron chi connectivity index (χ2n) is 6.40. The van der Waals surface area contributed by atoms with E-state index in [4.69, 9.17) is 4.74 Å². The van der Waals surface area contributed by atoms with Crippen molar-refractivity contribution in [1.29, 1.82) is 0 Å². The van der Waals surface area contributed by atoms with Gasteiger partial charge in [0, 0.05) is 32.3 Å². The van der Waals surface area contributed by atoms with Gasteiger partial charge in [0.05, 0.1) is 17.9 Å². The van der Waals surface area contributed by atoms with Gasteiger partial charge in [0.1, 0.15) is 5.60 Å². The number of ether oxygens (including phenoxy) is 1. The van der Waals surface area contributed by atoms with Crippen LogP contribution in [0.5, 0.6) is 0 Å². The number of aromatic nitrogens is 2. The maximum absolute atomic E-state index is 12.1. The van der Waals surface area contributed by atoms with E-state index in [-0.39, 0.29) is 12.5 Å². The highest BCUT2D eigenvalue weighted by Gasteiger charge is 2.42. The molecule has 0 spiro atoms. The summed E-state index contributed by atoms with van der Waals surface area (Å²) in [7, 11) is 1.83. The standard InChI is InChI=1S/C14H21N3O4/c1-14(2,3)21-13(20)17-5-9(10(6-17)12(18)19)11-7-16(4)8-15-11/h7-10H,5-6H2,1-4H3,(H,18,19)/t9-,10-/m1/s1. The molecule has 1 aliphatic heterocycles. The molecule has 0 aromatic carbocycles. The monoisotopic (exact) mass is 295 g/mol. The quantitative estimate of drug-likeness (QED) is 0.892. The summed E-state index contributed by atoms with van der Waals surface area (Å²) in [5.74, 6) is -1.89. The average Bonchev–Trinajstić information content (AvgIpc) is 2.91. The number of carboxylic acid groups (broad SMARTS) is 1. The summed E-state index contributed by atoms with van der Waals surface area (Å²) < 4.78 is 7.08. The predicted molar refractivity (Wildman–Crippen MR) is 74.9 cm³/mol. The molecule has 0 radical (unpaired) electrons. The van der Waals surface area contributed by atoms with Gasteiger partial charge in [-0.3, -0.25) is 4.79 Å². The van der Waals surface area contributed by atoms with E-state index in [0.717, 1.165) is 0 Å². The van der Waals surface area contributed by atoms with Crippen LogP contribution in [0.3, 0.4) is 0 Å². The summed E-state index contributed by atoms with van der Waals surface area (Å²) in [6.45, 7) is 5.80. The summed E-state index contributed by atoms with van der Waals surface area (Å²) in [5, 5.41) is 9.37. The molecule has 1 N–H and O–H groups in total. The number of rotatable bonds is 2. The van der Waals surface area contributed by atoms with Crippen molar-refractivity contribution in [1.82, 2.24) is 14.5 Å². The Morgan fingerprint density at radius 3 is 2.52 bits per heavy atom. The van der Waals surface area contributed by atoms with Crippen molar-refractivity contribution >= 4 is 12.1 Å². The third-order valence-electron chi connectivity index (χ3n) is 3.39. The molecule has 2 atom stereocenters. The molecule has 1 saturated heterocycles. The summed E-state index contributed by atoms with van der Waals surface area (Å²) in [5.41, 5.74) is 0.0924. The molecule has 1 aromatic heterocycles. The Kier molecular flexibility index (Phi) is 3.93. The van der Waals surface area contributed by atoms with Crippen LogP contribution in [0, 0.1) is 5.92 Å². The van der Waals surface area contributed by atoms with Gasteiger partial charge >= 0.3 is 12.1 Å². The molecule has 116 valence electrons. The van der Waals surface area contributed by atoms with E-state index in [2.05, 4.69) is 4.98 Å². The Morgan fingerprint density at radius 1 is 1.38 bits per heavy atom. The van der Waals surface area contributed by atoms with Crippen LogP contribution in [0.15, 0.2) is 12.5 Å². The van der Waals surface area contributed by atoms with Crippen molar-refractivity contribution in [2.45, 2.75) is 32.3 Å². The molecule has 21 heavy (non-hydrogen) atoms. The Bertz CT molecular complexity index is 547. The summed E-state index contributed by atoms with van der Waals surface area (Å²) in [6, 6.07) is 0. The first-order valence-electron chi connectivity index (χ1n) is 6.86. The predicted octanol–water partition coefficient (Wildman–Crippen LogP) is 1.46. The van der Waals surface area contributed by atoms with Crippen LogP contribution in [0.1, 0.15) is 32.4 Å². The van der Waals surface area contributed by atoms with Crippen molar-refractivity contribution in [3.8, 4) is 0 Å². The molecule has 1 amide bonds. The second kappa shape index (κ2) is 5.38. The van der Waals surface area contributed by atoms with Gasteiger partial charge < -0.3 is 19.3 Å². The molecule has 1 aromatic rings. The highest BCUT2D eigenvalue weighted by Crippen LogP contribution is 2.32. The molecule has 2 rings (SSSR count). The lowest BCUT2D eigenvalue weighted by molar-refractivity contribution is -0.141. The minimum Gasteiger partial charge on any atom is -0.481 e. The highest BCUT2D eigenvalue weighted by molar-refractivity contribution is 5.75. The second-order valence-corrected chi connectivity index (χ2v) is 6.40. The fourth-order valence-corrected chi connectivity index (χ4v) is 2.45. The van der Waals surface area contributed by atoms with Gasteiger partial charge in [0.15, 0.2) is 0 Å². The minimum absolute atomic E-state index is 0.144. The Balaban J connectivity index is 2.15. The molecule has 0 bridgehead atoms. The van der Waals surface area contributed by atoms with Gasteiger partial charge in [-0.25, -0.2) is 9.78 Å².